The highest BCUT2D eigenvalue weighted by molar-refractivity contribution is 5.79. The number of benzene rings is 1. The molecule has 2 unspecified atom stereocenters. The second kappa shape index (κ2) is 5.31. The SMILES string of the molecule is CCC(c1ccc(C)cc1)N1CCC(N)(C(=O)O)C1. The van der Waals surface area contributed by atoms with E-state index >= 15 is 0 Å². The molecule has 1 aliphatic heterocycles. The predicted octanol–water partition coefficient (Wildman–Crippen LogP) is 1.93. The Labute approximate surface area is 114 Å². The molecule has 0 bridgehead atoms. The van der Waals surface area contributed by atoms with Gasteiger partial charge in [0, 0.05) is 19.1 Å². The third-order valence-corrected chi connectivity index (χ3v) is 4.05. The highest BCUT2D eigenvalue weighted by Crippen LogP contribution is 2.31. The first-order valence-electron chi connectivity index (χ1n) is 6.79. The van der Waals surface area contributed by atoms with E-state index < -0.39 is 11.5 Å². The largest absolute Gasteiger partial charge is 0.480 e. The Morgan fingerprint density at radius 1 is 1.47 bits per heavy atom. The van der Waals surface area contributed by atoms with Crippen LogP contribution in [0.15, 0.2) is 24.3 Å². The van der Waals surface area contributed by atoms with Crippen molar-refractivity contribution in [2.75, 3.05) is 13.1 Å². The Balaban J connectivity index is 2.16. The molecule has 4 nitrogen and oxygen atoms in total. The highest BCUT2D eigenvalue weighted by atomic mass is 16.4. The van der Waals surface area contributed by atoms with Gasteiger partial charge in [-0.2, -0.15) is 0 Å². The fourth-order valence-electron chi connectivity index (χ4n) is 2.80. The van der Waals surface area contributed by atoms with Crippen molar-refractivity contribution in [3.63, 3.8) is 0 Å². The summed E-state index contributed by atoms with van der Waals surface area (Å²) in [6.45, 7) is 5.36. The smallest absolute Gasteiger partial charge is 0.325 e. The molecule has 1 fully saturated rings. The van der Waals surface area contributed by atoms with Crippen LogP contribution in [0.25, 0.3) is 0 Å². The molecule has 19 heavy (non-hydrogen) atoms. The molecule has 4 heteroatoms. The summed E-state index contributed by atoms with van der Waals surface area (Å²) in [7, 11) is 0. The molecule has 0 aliphatic carbocycles. The topological polar surface area (TPSA) is 66.6 Å². The lowest BCUT2D eigenvalue weighted by Gasteiger charge is -2.28. The van der Waals surface area contributed by atoms with Gasteiger partial charge >= 0.3 is 5.97 Å². The maximum atomic E-state index is 11.2. The van der Waals surface area contributed by atoms with Crippen LogP contribution in [-0.4, -0.2) is 34.6 Å². The lowest BCUT2D eigenvalue weighted by atomic mass is 10.00. The van der Waals surface area contributed by atoms with Gasteiger partial charge in [-0.25, -0.2) is 0 Å². The first kappa shape index (κ1) is 14.0. The molecule has 0 radical (unpaired) electrons. The first-order chi connectivity index (χ1) is 8.96. The number of carbonyl (C=O) groups is 1. The van der Waals surface area contributed by atoms with Crippen molar-refractivity contribution >= 4 is 5.97 Å². The minimum Gasteiger partial charge on any atom is -0.480 e. The molecule has 0 amide bonds. The molecule has 0 spiro atoms. The Kier molecular flexibility index (Phi) is 3.92. The van der Waals surface area contributed by atoms with Gasteiger partial charge in [-0.15, -0.1) is 0 Å². The summed E-state index contributed by atoms with van der Waals surface area (Å²) in [6.07, 6.45) is 1.48. The van der Waals surface area contributed by atoms with Gasteiger partial charge in [0.05, 0.1) is 0 Å². The molecule has 0 saturated carbocycles. The molecule has 1 aromatic carbocycles. The van der Waals surface area contributed by atoms with Crippen LogP contribution in [0.1, 0.15) is 36.9 Å². The molecule has 1 aliphatic rings. The minimum absolute atomic E-state index is 0.255. The number of likely N-dealkylation sites (tertiary alicyclic amines) is 1. The van der Waals surface area contributed by atoms with E-state index in [1.54, 1.807) is 0 Å². The Hall–Kier alpha value is -1.39. The number of hydrogen-bond donors (Lipinski definition) is 2. The number of aliphatic carboxylic acids is 1. The Morgan fingerprint density at radius 2 is 2.11 bits per heavy atom. The quantitative estimate of drug-likeness (QED) is 0.870. The van der Waals surface area contributed by atoms with Gasteiger partial charge < -0.3 is 10.8 Å². The maximum Gasteiger partial charge on any atom is 0.325 e. The molecule has 3 N–H and O–H groups in total. The van der Waals surface area contributed by atoms with E-state index in [1.165, 1.54) is 11.1 Å². The summed E-state index contributed by atoms with van der Waals surface area (Å²) in [5.41, 5.74) is 7.33. The van der Waals surface area contributed by atoms with Gasteiger partial charge in [0.1, 0.15) is 5.54 Å². The molecule has 104 valence electrons. The molecule has 1 heterocycles. The van der Waals surface area contributed by atoms with E-state index in [2.05, 4.69) is 43.0 Å². The third kappa shape index (κ3) is 2.80. The zero-order chi connectivity index (χ0) is 14.0. The van der Waals surface area contributed by atoms with Gasteiger partial charge in [-0.1, -0.05) is 36.8 Å². The molecular formula is C15H22N2O2. The zero-order valence-electron chi connectivity index (χ0n) is 11.6. The number of nitrogens with two attached hydrogens (primary N) is 1. The van der Waals surface area contributed by atoms with Crippen LogP contribution >= 0.6 is 0 Å². The second-order valence-corrected chi connectivity index (χ2v) is 5.52. The van der Waals surface area contributed by atoms with Gasteiger partial charge in [0.25, 0.3) is 0 Å². The summed E-state index contributed by atoms with van der Waals surface area (Å²) in [5, 5.41) is 9.20. The third-order valence-electron chi connectivity index (χ3n) is 4.05. The average Bonchev–Trinajstić information content (AvgIpc) is 2.77. The normalized spacial score (nSPS) is 25.4. The van der Waals surface area contributed by atoms with E-state index in [9.17, 15) is 9.90 Å². The summed E-state index contributed by atoms with van der Waals surface area (Å²) in [5.74, 6) is -0.895. The molecule has 1 aromatic rings. The van der Waals surface area contributed by atoms with E-state index in [1.807, 2.05) is 0 Å². The van der Waals surface area contributed by atoms with E-state index in [0.717, 1.165) is 13.0 Å². The maximum absolute atomic E-state index is 11.2. The fourth-order valence-corrected chi connectivity index (χ4v) is 2.80. The van der Waals surface area contributed by atoms with Crippen molar-refractivity contribution in [2.45, 2.75) is 38.3 Å². The van der Waals surface area contributed by atoms with Crippen molar-refractivity contribution in [3.8, 4) is 0 Å². The number of rotatable bonds is 4. The van der Waals surface area contributed by atoms with Gasteiger partial charge in [0.15, 0.2) is 0 Å². The lowest BCUT2D eigenvalue weighted by molar-refractivity contribution is -0.142. The number of aryl methyl sites for hydroxylation is 1. The van der Waals surface area contributed by atoms with Crippen LogP contribution in [0, 0.1) is 6.92 Å². The molecule has 2 atom stereocenters. The van der Waals surface area contributed by atoms with Gasteiger partial charge in [-0.3, -0.25) is 9.69 Å². The van der Waals surface area contributed by atoms with Gasteiger partial charge in [-0.05, 0) is 25.3 Å². The number of carboxylic acids is 1. The number of nitrogens with zero attached hydrogens (tertiary/aromatic N) is 1. The predicted molar refractivity (Wildman–Crippen MR) is 75.0 cm³/mol. The van der Waals surface area contributed by atoms with Crippen LogP contribution in [-0.2, 0) is 4.79 Å². The first-order valence-corrected chi connectivity index (χ1v) is 6.79. The van der Waals surface area contributed by atoms with Crippen LogP contribution in [0.5, 0.6) is 0 Å². The van der Waals surface area contributed by atoms with Crippen molar-refractivity contribution in [1.82, 2.24) is 4.90 Å². The van der Waals surface area contributed by atoms with Crippen molar-refractivity contribution in [2.24, 2.45) is 5.73 Å². The average molecular weight is 262 g/mol. The minimum atomic E-state index is -1.09. The highest BCUT2D eigenvalue weighted by Gasteiger charge is 2.43. The molecule has 2 rings (SSSR count). The second-order valence-electron chi connectivity index (χ2n) is 5.52. The van der Waals surface area contributed by atoms with Crippen LogP contribution in [0.2, 0.25) is 0 Å². The molecule has 1 saturated heterocycles. The summed E-state index contributed by atoms with van der Waals surface area (Å²) in [4.78, 5) is 13.4. The fraction of sp³-hybridized carbons (Fsp3) is 0.533. The van der Waals surface area contributed by atoms with E-state index in [4.69, 9.17) is 5.73 Å². The Bertz CT molecular complexity index is 458. The van der Waals surface area contributed by atoms with Crippen molar-refractivity contribution in [1.29, 1.82) is 0 Å². The van der Waals surface area contributed by atoms with Gasteiger partial charge in [0.2, 0.25) is 0 Å². The molecular weight excluding hydrogens is 240 g/mol. The summed E-state index contributed by atoms with van der Waals surface area (Å²) in [6, 6.07) is 8.70. The van der Waals surface area contributed by atoms with Crippen LogP contribution in [0.3, 0.4) is 0 Å². The molecule has 0 aromatic heterocycles. The van der Waals surface area contributed by atoms with Crippen LogP contribution in [0.4, 0.5) is 0 Å². The van der Waals surface area contributed by atoms with E-state index in [-0.39, 0.29) is 6.04 Å². The standard InChI is InChI=1S/C15H22N2O2/c1-3-13(12-6-4-11(2)5-7-12)17-9-8-15(16,10-17)14(18)19/h4-7,13H,3,8-10,16H2,1-2H3,(H,18,19). The van der Waals surface area contributed by atoms with Crippen LogP contribution < -0.4 is 5.73 Å². The Morgan fingerprint density at radius 3 is 2.58 bits per heavy atom. The lowest BCUT2D eigenvalue weighted by Crippen LogP contribution is -2.50. The summed E-state index contributed by atoms with van der Waals surface area (Å²) < 4.78 is 0. The van der Waals surface area contributed by atoms with E-state index in [0.29, 0.717) is 13.0 Å². The van der Waals surface area contributed by atoms with Crippen molar-refractivity contribution in [3.05, 3.63) is 35.4 Å². The monoisotopic (exact) mass is 262 g/mol. The van der Waals surface area contributed by atoms with Crippen molar-refractivity contribution < 1.29 is 9.90 Å². The number of hydrogen-bond acceptors (Lipinski definition) is 3. The zero-order valence-corrected chi connectivity index (χ0v) is 11.6. The summed E-state index contributed by atoms with van der Waals surface area (Å²) >= 11 is 0. The number of carboxylic acid groups (broad SMARTS) is 1.